The molecular weight excluding hydrogens is 176 g/mol. The number of fused-ring (bicyclic) bond motifs is 1. The Morgan fingerprint density at radius 1 is 1.43 bits per heavy atom. The molecule has 1 saturated carbocycles. The van der Waals surface area contributed by atoms with Gasteiger partial charge in [-0.05, 0) is 31.6 Å². The summed E-state index contributed by atoms with van der Waals surface area (Å²) in [5.41, 5.74) is 6.03. The summed E-state index contributed by atoms with van der Waals surface area (Å²) >= 11 is 0. The largest absolute Gasteiger partial charge is 0.378 e. The first kappa shape index (κ1) is 9.13. The Morgan fingerprint density at radius 2 is 2.36 bits per heavy atom. The Morgan fingerprint density at radius 3 is 2.93 bits per heavy atom. The van der Waals surface area contributed by atoms with Crippen molar-refractivity contribution in [2.75, 3.05) is 19.7 Å². The lowest BCUT2D eigenvalue weighted by Crippen LogP contribution is -2.49. The van der Waals surface area contributed by atoms with Gasteiger partial charge in [0, 0.05) is 31.8 Å². The molecule has 1 aliphatic carbocycles. The average Bonchev–Trinajstić information content (AvgIpc) is 2.88. The summed E-state index contributed by atoms with van der Waals surface area (Å²) in [6, 6.07) is 1.20. The molecule has 0 radical (unpaired) electrons. The predicted molar refractivity (Wildman–Crippen MR) is 55.0 cm³/mol. The maximum atomic E-state index is 6.03. The van der Waals surface area contributed by atoms with Crippen molar-refractivity contribution in [3.05, 3.63) is 0 Å². The van der Waals surface area contributed by atoms with Crippen molar-refractivity contribution in [2.24, 2.45) is 11.7 Å². The van der Waals surface area contributed by atoms with Crippen LogP contribution in [0.3, 0.4) is 0 Å². The molecule has 80 valence electrons. The van der Waals surface area contributed by atoms with Gasteiger partial charge in [-0.25, -0.2) is 0 Å². The molecule has 3 nitrogen and oxygen atoms in total. The smallest absolute Gasteiger partial charge is 0.0588 e. The molecule has 0 aromatic carbocycles. The van der Waals surface area contributed by atoms with Crippen molar-refractivity contribution >= 4 is 0 Å². The first-order valence-electron chi connectivity index (χ1n) is 5.96. The van der Waals surface area contributed by atoms with Crippen LogP contribution in [-0.2, 0) is 4.74 Å². The molecule has 0 spiro atoms. The van der Waals surface area contributed by atoms with Crippen molar-refractivity contribution in [3.63, 3.8) is 0 Å². The van der Waals surface area contributed by atoms with Crippen LogP contribution in [0.25, 0.3) is 0 Å². The Bertz CT molecular complexity index is 215. The minimum Gasteiger partial charge on any atom is -0.378 e. The lowest BCUT2D eigenvalue weighted by atomic mass is 9.81. The Labute approximate surface area is 85.6 Å². The predicted octanol–water partition coefficient (Wildman–Crippen LogP) is 0.587. The fraction of sp³-hybridized carbons (Fsp3) is 1.00. The second-order valence-electron chi connectivity index (χ2n) is 5.06. The number of nitrogens with zero attached hydrogens (tertiary/aromatic N) is 1. The van der Waals surface area contributed by atoms with E-state index >= 15 is 0 Å². The van der Waals surface area contributed by atoms with Crippen LogP contribution >= 0.6 is 0 Å². The van der Waals surface area contributed by atoms with Crippen LogP contribution in [0, 0.1) is 5.92 Å². The highest BCUT2D eigenvalue weighted by Crippen LogP contribution is 2.39. The number of hydrogen-bond acceptors (Lipinski definition) is 3. The number of hydrogen-bond donors (Lipinski definition) is 1. The molecule has 3 heteroatoms. The Kier molecular flexibility index (Phi) is 2.26. The van der Waals surface area contributed by atoms with Crippen LogP contribution in [-0.4, -0.2) is 42.8 Å². The summed E-state index contributed by atoms with van der Waals surface area (Å²) in [6.07, 6.45) is 5.65. The molecule has 3 saturated heterocycles. The molecule has 0 aromatic heterocycles. The monoisotopic (exact) mass is 196 g/mol. The normalized spacial score (nSPS) is 46.9. The summed E-state index contributed by atoms with van der Waals surface area (Å²) in [7, 11) is 0. The molecule has 3 aliphatic heterocycles. The van der Waals surface area contributed by atoms with Crippen LogP contribution in [0.1, 0.15) is 25.7 Å². The average molecular weight is 196 g/mol. The quantitative estimate of drug-likeness (QED) is 0.718. The van der Waals surface area contributed by atoms with E-state index in [1.54, 1.807) is 0 Å². The molecule has 4 unspecified atom stereocenters. The van der Waals surface area contributed by atoms with Gasteiger partial charge in [0.15, 0.2) is 0 Å². The van der Waals surface area contributed by atoms with Crippen LogP contribution in [0.5, 0.6) is 0 Å². The van der Waals surface area contributed by atoms with Crippen molar-refractivity contribution in [2.45, 2.75) is 43.9 Å². The zero-order chi connectivity index (χ0) is 9.54. The molecule has 4 rings (SSSR count). The van der Waals surface area contributed by atoms with Gasteiger partial charge in [-0.15, -0.1) is 0 Å². The van der Waals surface area contributed by atoms with Crippen molar-refractivity contribution in [1.82, 2.24) is 4.90 Å². The molecule has 14 heavy (non-hydrogen) atoms. The molecular formula is C11H20N2O. The van der Waals surface area contributed by atoms with E-state index in [1.165, 1.54) is 38.8 Å². The molecule has 0 aromatic rings. The lowest BCUT2D eigenvalue weighted by Gasteiger charge is -2.33. The SMILES string of the molecule is NC1C2CC1N(CCC1CCCO1)C2. The van der Waals surface area contributed by atoms with Gasteiger partial charge in [0.2, 0.25) is 0 Å². The van der Waals surface area contributed by atoms with Gasteiger partial charge in [0.05, 0.1) is 6.10 Å². The van der Waals surface area contributed by atoms with Crippen molar-refractivity contribution in [3.8, 4) is 0 Å². The van der Waals surface area contributed by atoms with E-state index < -0.39 is 0 Å². The number of rotatable bonds is 3. The van der Waals surface area contributed by atoms with Gasteiger partial charge in [0.25, 0.3) is 0 Å². The van der Waals surface area contributed by atoms with Crippen molar-refractivity contribution < 1.29 is 4.74 Å². The summed E-state index contributed by atoms with van der Waals surface area (Å²) in [4.78, 5) is 2.58. The molecule has 4 atom stereocenters. The fourth-order valence-corrected chi connectivity index (χ4v) is 3.21. The van der Waals surface area contributed by atoms with E-state index in [-0.39, 0.29) is 0 Å². The van der Waals surface area contributed by atoms with Gasteiger partial charge >= 0.3 is 0 Å². The highest BCUT2D eigenvalue weighted by atomic mass is 16.5. The third kappa shape index (κ3) is 1.38. The van der Waals surface area contributed by atoms with E-state index in [9.17, 15) is 0 Å². The maximum Gasteiger partial charge on any atom is 0.0588 e. The molecule has 4 fully saturated rings. The molecule has 2 bridgehead atoms. The van der Waals surface area contributed by atoms with E-state index in [0.29, 0.717) is 18.2 Å². The van der Waals surface area contributed by atoms with Crippen LogP contribution in [0.2, 0.25) is 0 Å². The van der Waals surface area contributed by atoms with Crippen LogP contribution < -0.4 is 5.73 Å². The maximum absolute atomic E-state index is 6.03. The second kappa shape index (κ2) is 3.47. The minimum atomic E-state index is 0.486. The Balaban J connectivity index is 1.45. The van der Waals surface area contributed by atoms with Crippen molar-refractivity contribution in [1.29, 1.82) is 0 Å². The summed E-state index contributed by atoms with van der Waals surface area (Å²) < 4.78 is 5.63. The van der Waals surface area contributed by atoms with E-state index in [4.69, 9.17) is 10.5 Å². The van der Waals surface area contributed by atoms with Gasteiger partial charge < -0.3 is 10.5 Å². The fourth-order valence-electron chi connectivity index (χ4n) is 3.21. The highest BCUT2D eigenvalue weighted by molar-refractivity contribution is 5.07. The van der Waals surface area contributed by atoms with Gasteiger partial charge in [-0.2, -0.15) is 0 Å². The summed E-state index contributed by atoms with van der Waals surface area (Å²) in [5, 5.41) is 0. The lowest BCUT2D eigenvalue weighted by molar-refractivity contribution is 0.0901. The summed E-state index contributed by atoms with van der Waals surface area (Å²) in [5.74, 6) is 0.810. The first-order valence-corrected chi connectivity index (χ1v) is 5.96. The zero-order valence-corrected chi connectivity index (χ0v) is 8.69. The van der Waals surface area contributed by atoms with E-state index in [1.807, 2.05) is 0 Å². The van der Waals surface area contributed by atoms with Crippen LogP contribution in [0.4, 0.5) is 0 Å². The number of nitrogens with two attached hydrogens (primary N) is 1. The third-order valence-electron chi connectivity index (χ3n) is 4.23. The molecule has 3 heterocycles. The number of ether oxygens (including phenoxy) is 1. The highest BCUT2D eigenvalue weighted by Gasteiger charge is 2.49. The standard InChI is InChI=1S/C11H20N2O/c12-11-8-6-10(11)13(7-8)4-3-9-2-1-5-14-9/h8-11H,1-7,12H2. The zero-order valence-electron chi connectivity index (χ0n) is 8.69. The van der Waals surface area contributed by atoms with E-state index in [0.717, 1.165) is 12.5 Å². The first-order chi connectivity index (χ1) is 6.84. The molecule has 2 N–H and O–H groups in total. The topological polar surface area (TPSA) is 38.5 Å². The Hall–Kier alpha value is -0.120. The minimum absolute atomic E-state index is 0.486. The van der Waals surface area contributed by atoms with Gasteiger partial charge in [-0.3, -0.25) is 4.90 Å². The van der Waals surface area contributed by atoms with Gasteiger partial charge in [-0.1, -0.05) is 0 Å². The third-order valence-corrected chi connectivity index (χ3v) is 4.23. The molecule has 0 amide bonds. The van der Waals surface area contributed by atoms with Gasteiger partial charge in [0.1, 0.15) is 0 Å². The molecule has 4 aliphatic rings. The second-order valence-corrected chi connectivity index (χ2v) is 5.06. The van der Waals surface area contributed by atoms with E-state index in [2.05, 4.69) is 4.90 Å². The van der Waals surface area contributed by atoms with Crippen LogP contribution in [0.15, 0.2) is 0 Å². The summed E-state index contributed by atoms with van der Waals surface area (Å²) in [6.45, 7) is 3.44.